The first-order valence-corrected chi connectivity index (χ1v) is 6.67. The van der Waals surface area contributed by atoms with Crippen molar-refractivity contribution in [3.8, 4) is 0 Å². The van der Waals surface area contributed by atoms with E-state index in [4.69, 9.17) is 5.11 Å². The van der Waals surface area contributed by atoms with Crippen molar-refractivity contribution < 1.29 is 9.90 Å². The van der Waals surface area contributed by atoms with E-state index in [2.05, 4.69) is 10.00 Å². The third-order valence-electron chi connectivity index (χ3n) is 3.72. The van der Waals surface area contributed by atoms with E-state index in [1.807, 2.05) is 30.2 Å². The van der Waals surface area contributed by atoms with Crippen LogP contribution < -0.4 is 0 Å². The van der Waals surface area contributed by atoms with Crippen LogP contribution in [0.3, 0.4) is 0 Å². The van der Waals surface area contributed by atoms with Crippen LogP contribution in [0.1, 0.15) is 27.0 Å². The highest BCUT2D eigenvalue weighted by Crippen LogP contribution is 2.24. The van der Waals surface area contributed by atoms with E-state index < -0.39 is 5.97 Å². The molecule has 0 amide bonds. The van der Waals surface area contributed by atoms with Crippen LogP contribution in [0.2, 0.25) is 0 Å². The predicted molar refractivity (Wildman–Crippen MR) is 74.4 cm³/mol. The Morgan fingerprint density at radius 1 is 1.35 bits per heavy atom. The van der Waals surface area contributed by atoms with Gasteiger partial charge < -0.3 is 5.11 Å². The summed E-state index contributed by atoms with van der Waals surface area (Å²) < 4.78 is 1.81. The second-order valence-corrected chi connectivity index (χ2v) is 5.27. The van der Waals surface area contributed by atoms with Crippen molar-refractivity contribution in [1.29, 1.82) is 0 Å². The lowest BCUT2D eigenvalue weighted by molar-refractivity contribution is 0.0696. The third kappa shape index (κ3) is 2.58. The Balaban J connectivity index is 1.63. The van der Waals surface area contributed by atoms with Crippen molar-refractivity contribution in [2.24, 2.45) is 7.05 Å². The molecule has 1 aliphatic heterocycles. The molecule has 0 bridgehead atoms. The fraction of sp³-hybridized carbons (Fsp3) is 0.333. The fourth-order valence-corrected chi connectivity index (χ4v) is 2.64. The van der Waals surface area contributed by atoms with E-state index in [1.54, 1.807) is 12.1 Å². The SMILES string of the molecule is Cn1cc(CCN2Cc3ccc(C(=O)O)cc3C2)cn1. The van der Waals surface area contributed by atoms with Crippen LogP contribution in [0.25, 0.3) is 0 Å². The van der Waals surface area contributed by atoms with Gasteiger partial charge in [-0.15, -0.1) is 0 Å². The van der Waals surface area contributed by atoms with Gasteiger partial charge in [-0.25, -0.2) is 4.79 Å². The van der Waals surface area contributed by atoms with Crippen molar-refractivity contribution >= 4 is 5.97 Å². The molecule has 104 valence electrons. The average Bonchev–Trinajstić information content (AvgIpc) is 3.00. The fourth-order valence-electron chi connectivity index (χ4n) is 2.64. The van der Waals surface area contributed by atoms with Gasteiger partial charge in [-0.1, -0.05) is 6.07 Å². The molecule has 1 N–H and O–H groups in total. The summed E-state index contributed by atoms with van der Waals surface area (Å²) in [7, 11) is 1.92. The largest absolute Gasteiger partial charge is 0.478 e. The molecule has 1 aromatic carbocycles. The molecule has 0 atom stereocenters. The minimum atomic E-state index is -0.860. The van der Waals surface area contributed by atoms with Gasteiger partial charge in [0.1, 0.15) is 0 Å². The first-order valence-electron chi connectivity index (χ1n) is 6.67. The normalized spacial score (nSPS) is 14.4. The summed E-state index contributed by atoms with van der Waals surface area (Å²) in [6.07, 6.45) is 4.89. The van der Waals surface area contributed by atoms with E-state index in [0.29, 0.717) is 5.56 Å². The van der Waals surface area contributed by atoms with Crippen LogP contribution in [0.5, 0.6) is 0 Å². The number of rotatable bonds is 4. The minimum absolute atomic E-state index is 0.373. The zero-order valence-electron chi connectivity index (χ0n) is 11.4. The molecule has 20 heavy (non-hydrogen) atoms. The minimum Gasteiger partial charge on any atom is -0.478 e. The highest BCUT2D eigenvalue weighted by Gasteiger charge is 2.20. The van der Waals surface area contributed by atoms with Crippen LogP contribution in [0.15, 0.2) is 30.6 Å². The number of carboxylic acid groups (broad SMARTS) is 1. The molecule has 5 heteroatoms. The van der Waals surface area contributed by atoms with Crippen molar-refractivity contribution in [2.75, 3.05) is 6.54 Å². The summed E-state index contributed by atoms with van der Waals surface area (Å²) in [4.78, 5) is 13.3. The van der Waals surface area contributed by atoms with Crippen LogP contribution >= 0.6 is 0 Å². The Kier molecular flexibility index (Phi) is 3.28. The molecular weight excluding hydrogens is 254 g/mol. The van der Waals surface area contributed by atoms with Gasteiger partial charge in [0, 0.05) is 32.9 Å². The lowest BCUT2D eigenvalue weighted by Crippen LogP contribution is -2.19. The third-order valence-corrected chi connectivity index (χ3v) is 3.72. The number of carbonyl (C=O) groups is 1. The van der Waals surface area contributed by atoms with Crippen molar-refractivity contribution in [1.82, 2.24) is 14.7 Å². The number of hydrogen-bond donors (Lipinski definition) is 1. The molecule has 0 radical (unpaired) electrons. The van der Waals surface area contributed by atoms with E-state index in [0.717, 1.165) is 31.6 Å². The highest BCUT2D eigenvalue weighted by molar-refractivity contribution is 5.87. The lowest BCUT2D eigenvalue weighted by Gasteiger charge is -2.13. The first-order chi connectivity index (χ1) is 9.61. The second kappa shape index (κ2) is 5.09. The molecule has 1 aromatic heterocycles. The number of aryl methyl sites for hydroxylation is 1. The van der Waals surface area contributed by atoms with Gasteiger partial charge in [0.05, 0.1) is 11.8 Å². The maximum absolute atomic E-state index is 11.0. The standard InChI is InChI=1S/C15H17N3O2/c1-17-8-11(7-16-17)4-5-18-9-13-3-2-12(15(19)20)6-14(13)10-18/h2-3,6-8H,4-5,9-10H2,1H3,(H,19,20). The topological polar surface area (TPSA) is 58.4 Å². The molecule has 2 aromatic rings. The first kappa shape index (κ1) is 12.9. The van der Waals surface area contributed by atoms with Gasteiger partial charge >= 0.3 is 5.97 Å². The Labute approximate surface area is 117 Å². The smallest absolute Gasteiger partial charge is 0.335 e. The summed E-state index contributed by atoms with van der Waals surface area (Å²) in [5.74, 6) is -0.860. The quantitative estimate of drug-likeness (QED) is 0.919. The number of hydrogen-bond acceptors (Lipinski definition) is 3. The Bertz CT molecular complexity index is 648. The van der Waals surface area contributed by atoms with E-state index in [-0.39, 0.29) is 0 Å². The molecule has 1 aliphatic rings. The molecule has 3 rings (SSSR count). The van der Waals surface area contributed by atoms with E-state index in [1.165, 1.54) is 11.1 Å². The maximum Gasteiger partial charge on any atom is 0.335 e. The van der Waals surface area contributed by atoms with E-state index >= 15 is 0 Å². The second-order valence-electron chi connectivity index (χ2n) is 5.27. The summed E-state index contributed by atoms with van der Waals surface area (Å²) in [5.41, 5.74) is 3.98. The van der Waals surface area contributed by atoms with Gasteiger partial charge in [-0.3, -0.25) is 9.58 Å². The number of benzene rings is 1. The average molecular weight is 271 g/mol. The lowest BCUT2D eigenvalue weighted by atomic mass is 10.1. The number of nitrogens with zero attached hydrogens (tertiary/aromatic N) is 3. The Morgan fingerprint density at radius 2 is 2.15 bits per heavy atom. The molecule has 0 aliphatic carbocycles. The van der Waals surface area contributed by atoms with Gasteiger partial charge in [-0.05, 0) is 35.2 Å². The molecule has 0 unspecified atom stereocenters. The Hall–Kier alpha value is -2.14. The molecule has 5 nitrogen and oxygen atoms in total. The van der Waals surface area contributed by atoms with E-state index in [9.17, 15) is 4.79 Å². The number of fused-ring (bicyclic) bond motifs is 1. The summed E-state index contributed by atoms with van der Waals surface area (Å²) in [6.45, 7) is 2.69. The maximum atomic E-state index is 11.0. The van der Waals surface area contributed by atoms with Crippen molar-refractivity contribution in [3.05, 3.63) is 52.8 Å². The highest BCUT2D eigenvalue weighted by atomic mass is 16.4. The number of carboxylic acids is 1. The van der Waals surface area contributed by atoms with Crippen LogP contribution in [-0.2, 0) is 26.6 Å². The van der Waals surface area contributed by atoms with Crippen molar-refractivity contribution in [3.63, 3.8) is 0 Å². The molecule has 0 saturated heterocycles. The van der Waals surface area contributed by atoms with Gasteiger partial charge in [0.15, 0.2) is 0 Å². The monoisotopic (exact) mass is 271 g/mol. The zero-order chi connectivity index (χ0) is 14.1. The van der Waals surface area contributed by atoms with Gasteiger partial charge in [0.25, 0.3) is 0 Å². The summed E-state index contributed by atoms with van der Waals surface area (Å²) in [5, 5.41) is 13.2. The molecular formula is C15H17N3O2. The molecule has 0 saturated carbocycles. The zero-order valence-corrected chi connectivity index (χ0v) is 11.4. The van der Waals surface area contributed by atoms with Crippen LogP contribution in [0.4, 0.5) is 0 Å². The molecule has 0 spiro atoms. The van der Waals surface area contributed by atoms with Gasteiger partial charge in [0.2, 0.25) is 0 Å². The van der Waals surface area contributed by atoms with Crippen molar-refractivity contribution in [2.45, 2.75) is 19.5 Å². The van der Waals surface area contributed by atoms with Crippen LogP contribution in [0, 0.1) is 0 Å². The molecule has 0 fully saturated rings. The number of aromatic nitrogens is 2. The predicted octanol–water partition coefficient (Wildman–Crippen LogP) is 1.68. The molecule has 2 heterocycles. The Morgan fingerprint density at radius 3 is 2.85 bits per heavy atom. The van der Waals surface area contributed by atoms with Gasteiger partial charge in [-0.2, -0.15) is 5.10 Å². The summed E-state index contributed by atoms with van der Waals surface area (Å²) in [6, 6.07) is 5.41. The summed E-state index contributed by atoms with van der Waals surface area (Å²) >= 11 is 0. The van der Waals surface area contributed by atoms with Crippen LogP contribution in [-0.4, -0.2) is 32.3 Å². The number of aromatic carboxylic acids is 1.